The summed E-state index contributed by atoms with van der Waals surface area (Å²) in [6.45, 7) is 3.40. The number of furan rings is 1. The minimum atomic E-state index is 0.290. The normalized spacial score (nSPS) is 18.9. The van der Waals surface area contributed by atoms with Crippen molar-refractivity contribution >= 4 is 6.08 Å². The molecule has 5 rings (SSSR count). The molecule has 1 aromatic carbocycles. The molecular formula is C23H22N2O3. The molecule has 0 amide bonds. The van der Waals surface area contributed by atoms with Gasteiger partial charge in [-0.05, 0) is 73.0 Å². The number of hydrogen-bond donors (Lipinski definition) is 0. The molecule has 2 aromatic heterocycles. The Morgan fingerprint density at radius 1 is 1.11 bits per heavy atom. The maximum atomic E-state index is 5.50. The van der Waals surface area contributed by atoms with Crippen LogP contribution in [0.3, 0.4) is 0 Å². The van der Waals surface area contributed by atoms with Crippen molar-refractivity contribution in [1.29, 1.82) is 0 Å². The molecule has 0 saturated carbocycles. The summed E-state index contributed by atoms with van der Waals surface area (Å²) < 4.78 is 16.2. The molecule has 142 valence electrons. The van der Waals surface area contributed by atoms with Crippen molar-refractivity contribution < 1.29 is 13.9 Å². The molecule has 0 N–H and O–H groups in total. The molecule has 5 nitrogen and oxygen atoms in total. The summed E-state index contributed by atoms with van der Waals surface area (Å²) in [6.07, 6.45) is 8.99. The minimum absolute atomic E-state index is 0.290. The second-order valence-corrected chi connectivity index (χ2v) is 7.21. The molecule has 0 aliphatic carbocycles. The maximum absolute atomic E-state index is 5.50. The fourth-order valence-electron chi connectivity index (χ4n) is 3.89. The first-order valence-electron chi connectivity index (χ1n) is 9.63. The van der Waals surface area contributed by atoms with E-state index < -0.39 is 0 Å². The largest absolute Gasteiger partial charge is 0.465 e. The topological polar surface area (TPSA) is 47.7 Å². The van der Waals surface area contributed by atoms with E-state index in [0.717, 1.165) is 48.2 Å². The lowest BCUT2D eigenvalue weighted by Gasteiger charge is -2.14. The average molecular weight is 374 g/mol. The van der Waals surface area contributed by atoms with Gasteiger partial charge in [0.15, 0.2) is 11.5 Å². The zero-order chi connectivity index (χ0) is 18.8. The zero-order valence-corrected chi connectivity index (χ0v) is 15.6. The number of ether oxygens (including phenoxy) is 2. The van der Waals surface area contributed by atoms with Crippen molar-refractivity contribution in [2.24, 2.45) is 0 Å². The number of pyridine rings is 1. The smallest absolute Gasteiger partial charge is 0.231 e. The van der Waals surface area contributed by atoms with Gasteiger partial charge in [0, 0.05) is 24.8 Å². The van der Waals surface area contributed by atoms with E-state index in [-0.39, 0.29) is 0 Å². The van der Waals surface area contributed by atoms with Crippen LogP contribution in [-0.4, -0.2) is 36.3 Å². The van der Waals surface area contributed by atoms with Gasteiger partial charge in [-0.2, -0.15) is 0 Å². The highest BCUT2D eigenvalue weighted by atomic mass is 16.7. The number of nitrogens with zero attached hydrogens (tertiary/aromatic N) is 2. The van der Waals surface area contributed by atoms with Gasteiger partial charge < -0.3 is 13.9 Å². The van der Waals surface area contributed by atoms with Crippen LogP contribution in [0.2, 0.25) is 0 Å². The summed E-state index contributed by atoms with van der Waals surface area (Å²) in [6, 6.07) is 14.2. The third kappa shape index (κ3) is 3.53. The molecule has 1 fully saturated rings. The molecule has 0 bridgehead atoms. The van der Waals surface area contributed by atoms with E-state index in [2.05, 4.69) is 28.1 Å². The van der Waals surface area contributed by atoms with Crippen LogP contribution in [0.5, 0.6) is 11.5 Å². The van der Waals surface area contributed by atoms with Crippen LogP contribution in [0.25, 0.3) is 17.3 Å². The second-order valence-electron chi connectivity index (χ2n) is 7.21. The highest BCUT2D eigenvalue weighted by molar-refractivity contribution is 5.65. The maximum Gasteiger partial charge on any atom is 0.231 e. The van der Waals surface area contributed by atoms with E-state index in [4.69, 9.17) is 13.9 Å². The van der Waals surface area contributed by atoms with Gasteiger partial charge in [-0.1, -0.05) is 6.08 Å². The monoisotopic (exact) mass is 374 g/mol. The van der Waals surface area contributed by atoms with Crippen LogP contribution in [0.1, 0.15) is 23.7 Å². The first-order valence-corrected chi connectivity index (χ1v) is 9.63. The van der Waals surface area contributed by atoms with Crippen LogP contribution in [-0.2, 0) is 0 Å². The molecule has 1 saturated heterocycles. The van der Waals surface area contributed by atoms with Crippen molar-refractivity contribution in [3.05, 3.63) is 72.3 Å². The van der Waals surface area contributed by atoms with E-state index in [1.165, 1.54) is 12.0 Å². The summed E-state index contributed by atoms with van der Waals surface area (Å²) in [5, 5.41) is 0. The molecule has 1 atom stereocenters. The lowest BCUT2D eigenvalue weighted by Crippen LogP contribution is -2.20. The predicted molar refractivity (Wildman–Crippen MR) is 107 cm³/mol. The number of fused-ring (bicyclic) bond motifs is 1. The molecule has 4 heterocycles. The van der Waals surface area contributed by atoms with Gasteiger partial charge in [0.1, 0.15) is 5.76 Å². The summed E-state index contributed by atoms with van der Waals surface area (Å²) in [5.41, 5.74) is 3.38. The number of likely N-dealkylation sites (tertiary alicyclic amines) is 1. The van der Waals surface area contributed by atoms with Crippen molar-refractivity contribution in [1.82, 2.24) is 9.88 Å². The van der Waals surface area contributed by atoms with Gasteiger partial charge in [-0.15, -0.1) is 0 Å². The fourth-order valence-corrected chi connectivity index (χ4v) is 3.89. The Bertz CT molecular complexity index is 981. The van der Waals surface area contributed by atoms with E-state index >= 15 is 0 Å². The quantitative estimate of drug-likeness (QED) is 0.655. The molecule has 5 heteroatoms. The number of aromatic nitrogens is 1. The Morgan fingerprint density at radius 3 is 3.00 bits per heavy atom. The van der Waals surface area contributed by atoms with E-state index in [1.54, 1.807) is 6.26 Å². The molecule has 0 radical (unpaired) electrons. The Labute approximate surface area is 164 Å². The first-order chi connectivity index (χ1) is 13.8. The fraction of sp³-hybridized carbons (Fsp3) is 0.261. The van der Waals surface area contributed by atoms with Crippen LogP contribution in [0.4, 0.5) is 0 Å². The molecule has 2 aliphatic rings. The molecule has 3 aromatic rings. The Morgan fingerprint density at radius 2 is 2.07 bits per heavy atom. The van der Waals surface area contributed by atoms with Crippen LogP contribution in [0, 0.1) is 0 Å². The van der Waals surface area contributed by atoms with E-state index in [1.807, 2.05) is 42.6 Å². The zero-order valence-electron chi connectivity index (χ0n) is 15.6. The highest BCUT2D eigenvalue weighted by Crippen LogP contribution is 2.36. The van der Waals surface area contributed by atoms with Gasteiger partial charge in [0.25, 0.3) is 0 Å². The Hall–Kier alpha value is -3.05. The summed E-state index contributed by atoms with van der Waals surface area (Å²) in [7, 11) is 0. The number of hydrogen-bond acceptors (Lipinski definition) is 5. The molecule has 0 spiro atoms. The van der Waals surface area contributed by atoms with Gasteiger partial charge in [0.2, 0.25) is 6.79 Å². The van der Waals surface area contributed by atoms with Gasteiger partial charge in [-0.25, -0.2) is 0 Å². The van der Waals surface area contributed by atoms with Crippen molar-refractivity contribution in [2.45, 2.75) is 12.3 Å². The third-order valence-electron chi connectivity index (χ3n) is 5.39. The lowest BCUT2D eigenvalue weighted by molar-refractivity contribution is 0.174. The van der Waals surface area contributed by atoms with E-state index in [0.29, 0.717) is 12.7 Å². The van der Waals surface area contributed by atoms with Gasteiger partial charge in [-0.3, -0.25) is 9.88 Å². The summed E-state index contributed by atoms with van der Waals surface area (Å²) in [4.78, 5) is 7.05. The number of rotatable bonds is 5. The SMILES string of the molecule is C(=C\c1ccco1)/CN1CC[C@@H](c2ccnc(-c3ccc4c(c3)OCO4)c2)C1. The molecular weight excluding hydrogens is 352 g/mol. The molecule has 2 aliphatic heterocycles. The Kier molecular flexibility index (Phi) is 4.59. The molecule has 0 unspecified atom stereocenters. The second kappa shape index (κ2) is 7.52. The van der Waals surface area contributed by atoms with Crippen molar-refractivity contribution in [3.63, 3.8) is 0 Å². The van der Waals surface area contributed by atoms with Crippen LogP contribution < -0.4 is 9.47 Å². The minimum Gasteiger partial charge on any atom is -0.465 e. The first kappa shape index (κ1) is 17.1. The summed E-state index contributed by atoms with van der Waals surface area (Å²) >= 11 is 0. The van der Waals surface area contributed by atoms with Gasteiger partial charge in [0.05, 0.1) is 12.0 Å². The Balaban J connectivity index is 1.26. The average Bonchev–Trinajstić information content (AvgIpc) is 3.49. The lowest BCUT2D eigenvalue weighted by atomic mass is 9.97. The third-order valence-corrected chi connectivity index (χ3v) is 5.39. The highest BCUT2D eigenvalue weighted by Gasteiger charge is 2.23. The number of benzene rings is 1. The summed E-state index contributed by atoms with van der Waals surface area (Å²) in [5.74, 6) is 3.03. The van der Waals surface area contributed by atoms with Crippen molar-refractivity contribution in [3.8, 4) is 22.8 Å². The van der Waals surface area contributed by atoms with Crippen LogP contribution >= 0.6 is 0 Å². The van der Waals surface area contributed by atoms with Crippen LogP contribution in [0.15, 0.2) is 65.4 Å². The predicted octanol–water partition coefficient (Wildman–Crippen LogP) is 4.57. The standard InChI is InChI=1S/C23H22N2O3/c1(3-20-4-2-12-26-20)10-25-11-8-19(15-25)17-7-9-24-21(13-17)18-5-6-22-23(14-18)28-16-27-22/h1-7,9,12-14,19H,8,10-11,15-16H2/b3-1+/t19-/m1/s1. The van der Waals surface area contributed by atoms with Crippen molar-refractivity contribution in [2.75, 3.05) is 26.4 Å². The van der Waals surface area contributed by atoms with E-state index in [9.17, 15) is 0 Å². The molecule has 28 heavy (non-hydrogen) atoms. The van der Waals surface area contributed by atoms with Gasteiger partial charge >= 0.3 is 0 Å².